The van der Waals surface area contributed by atoms with Crippen LogP contribution in [0.25, 0.3) is 0 Å². The van der Waals surface area contributed by atoms with Gasteiger partial charge in [0.2, 0.25) is 0 Å². The summed E-state index contributed by atoms with van der Waals surface area (Å²) in [5, 5.41) is 24.2. The molecule has 0 fully saturated rings. The van der Waals surface area contributed by atoms with Crippen LogP contribution in [-0.2, 0) is 26.5 Å². The van der Waals surface area contributed by atoms with Crippen molar-refractivity contribution in [1.29, 1.82) is 0 Å². The molecule has 3 N–H and O–H groups in total. The molecule has 0 spiro atoms. The molecule has 30 heavy (non-hydrogen) atoms. The van der Waals surface area contributed by atoms with Gasteiger partial charge in [0.15, 0.2) is 0 Å². The van der Waals surface area contributed by atoms with Gasteiger partial charge in [-0.15, -0.1) is 0 Å². The van der Waals surface area contributed by atoms with Gasteiger partial charge in [-0.2, -0.15) is 0 Å². The van der Waals surface area contributed by atoms with Gasteiger partial charge in [-0.3, -0.25) is 5.92 Å². The van der Waals surface area contributed by atoms with Gasteiger partial charge >= 0.3 is 6.09 Å². The number of aliphatic hydroxyl groups excluding tert-OH is 3. The van der Waals surface area contributed by atoms with Gasteiger partial charge in [-0.05, 0) is 75.8 Å². The van der Waals surface area contributed by atoms with Gasteiger partial charge in [0.1, 0.15) is 0 Å². The fraction of sp³-hybridized carbons (Fsp3) is 0.818. The number of hydrogen-bond donors (Lipinski definition) is 3. The smallest absolute Gasteiger partial charge is 0.398 e. The van der Waals surface area contributed by atoms with Crippen molar-refractivity contribution in [3.8, 4) is 11.5 Å². The fourth-order valence-corrected chi connectivity index (χ4v) is 1.90. The summed E-state index contributed by atoms with van der Waals surface area (Å²) in [5.74, 6) is 2.81. The number of aliphatic hydroxyl groups is 3. The largest absolute Gasteiger partial charge is 0.503 e. The second-order valence-corrected chi connectivity index (χ2v) is 13.6. The molecule has 0 unspecified atom stereocenters. The van der Waals surface area contributed by atoms with E-state index in [1.54, 1.807) is 46.4 Å². The Morgan fingerprint density at radius 3 is 1.27 bits per heavy atom. The van der Waals surface area contributed by atoms with Gasteiger partial charge in [0.25, 0.3) is 0 Å². The second-order valence-electron chi connectivity index (χ2n) is 8.90. The van der Waals surface area contributed by atoms with Gasteiger partial charge < -0.3 is 30.5 Å². The quantitative estimate of drug-likeness (QED) is 0.314. The first-order valence-corrected chi connectivity index (χ1v) is 13.7. The Morgan fingerprint density at radius 2 is 1.07 bits per heavy atom. The molecule has 0 aromatic heterocycles. The second kappa shape index (κ2) is 23.2. The zero-order valence-electron chi connectivity index (χ0n) is 21.6. The molecule has 0 atom stereocenters. The molecule has 180 valence electrons. The summed E-state index contributed by atoms with van der Waals surface area (Å²) in [4.78, 5) is 13.5. The fourth-order valence-electron chi connectivity index (χ4n) is 1.40. The molecule has 0 aliphatic heterocycles. The number of hydrogen-bond acceptors (Lipinski definition) is 5. The third-order valence-electron chi connectivity index (χ3n) is 1.99. The predicted octanol–water partition coefficient (Wildman–Crippen LogP) is 4.44. The minimum Gasteiger partial charge on any atom is -0.503 e. The summed E-state index contributed by atoms with van der Waals surface area (Å²) in [6.07, 6.45) is -0.833. The van der Waals surface area contributed by atoms with Gasteiger partial charge in [-0.25, -0.2) is 4.79 Å². The van der Waals surface area contributed by atoms with E-state index in [-0.39, 0.29) is 58.2 Å². The van der Waals surface area contributed by atoms with Gasteiger partial charge in [0, 0.05) is 60.2 Å². The average Bonchev–Trinajstić information content (AvgIpc) is 2.39. The standard InChI is InChI=1S/C13H24NO2Si.3C3H8O.Ti/c1-11(2)14(12(3)4)13(15)16-9-8-10-17(5,6)7;3*1-3(2)4;/h9,11-12H,1-7H3;3*3-4H,1-2H3;/q-1;;;;. The Bertz CT molecular complexity index is 409. The van der Waals surface area contributed by atoms with Crippen LogP contribution in [-0.4, -0.2) is 64.8 Å². The van der Waals surface area contributed by atoms with Crippen LogP contribution in [0.2, 0.25) is 19.6 Å². The first kappa shape index (κ1) is 39.9. The van der Waals surface area contributed by atoms with Gasteiger partial charge in [-0.1, -0.05) is 19.6 Å². The molecule has 0 bridgehead atoms. The molecule has 0 saturated carbocycles. The molecule has 0 heterocycles. The summed E-state index contributed by atoms with van der Waals surface area (Å²) >= 11 is 0. The average molecular weight is 483 g/mol. The normalized spacial score (nSPS) is 9.77. The number of nitrogens with zero attached hydrogens (tertiary/aromatic N) is 1. The summed E-state index contributed by atoms with van der Waals surface area (Å²) in [6.45, 7) is 25.9. The molecule has 1 amide bonds. The molecular formula is C22H48NO5SiTi-. The van der Waals surface area contributed by atoms with E-state index >= 15 is 0 Å². The monoisotopic (exact) mass is 482 g/mol. The van der Waals surface area contributed by atoms with Crippen molar-refractivity contribution in [1.82, 2.24) is 4.90 Å². The maximum atomic E-state index is 11.8. The number of ether oxygens (including phenoxy) is 1. The molecule has 0 aromatic rings. The molecule has 0 aromatic carbocycles. The molecular weight excluding hydrogens is 434 g/mol. The van der Waals surface area contributed by atoms with Crippen LogP contribution in [0.15, 0.2) is 0 Å². The third kappa shape index (κ3) is 50.8. The van der Waals surface area contributed by atoms with Crippen molar-refractivity contribution in [2.45, 2.75) is 119 Å². The topological polar surface area (TPSA) is 90.2 Å². The molecule has 0 rings (SSSR count). The summed E-state index contributed by atoms with van der Waals surface area (Å²) in [7, 11) is -1.40. The van der Waals surface area contributed by atoms with Crippen molar-refractivity contribution >= 4 is 14.2 Å². The van der Waals surface area contributed by atoms with Crippen LogP contribution >= 0.6 is 0 Å². The van der Waals surface area contributed by atoms with E-state index in [2.05, 4.69) is 31.1 Å². The molecule has 0 radical (unpaired) electrons. The number of amides is 1. The molecule has 0 aliphatic carbocycles. The Balaban J connectivity index is -0.000000131. The van der Waals surface area contributed by atoms with E-state index in [4.69, 9.17) is 20.1 Å². The summed E-state index contributed by atoms with van der Waals surface area (Å²) in [5.41, 5.74) is 3.11. The number of carbonyl (C=O) groups excluding carboxylic acids is 1. The maximum Gasteiger partial charge on any atom is 0.398 e. The Labute approximate surface area is 202 Å². The molecule has 0 saturated heterocycles. The number of carbonyl (C=O) groups is 1. The molecule has 8 heteroatoms. The minimum absolute atomic E-state index is 0. The van der Waals surface area contributed by atoms with E-state index in [0.717, 1.165) is 0 Å². The van der Waals surface area contributed by atoms with Crippen LogP contribution in [0.4, 0.5) is 4.79 Å². The van der Waals surface area contributed by atoms with Crippen molar-refractivity contribution in [3.63, 3.8) is 0 Å². The van der Waals surface area contributed by atoms with Crippen LogP contribution in [0, 0.1) is 18.1 Å². The zero-order valence-corrected chi connectivity index (χ0v) is 24.1. The van der Waals surface area contributed by atoms with Gasteiger partial charge in [0.05, 0.1) is 0 Å². The van der Waals surface area contributed by atoms with Crippen LogP contribution < -0.4 is 0 Å². The van der Waals surface area contributed by atoms with Crippen LogP contribution in [0.1, 0.15) is 69.2 Å². The van der Waals surface area contributed by atoms with Crippen molar-refractivity contribution in [3.05, 3.63) is 6.61 Å². The first-order chi connectivity index (χ1) is 12.8. The van der Waals surface area contributed by atoms with Crippen molar-refractivity contribution in [2.24, 2.45) is 0 Å². The van der Waals surface area contributed by atoms with Crippen LogP contribution in [0.3, 0.4) is 0 Å². The summed E-state index contributed by atoms with van der Waals surface area (Å²) < 4.78 is 5.03. The molecule has 0 aliphatic rings. The predicted molar refractivity (Wildman–Crippen MR) is 126 cm³/mol. The van der Waals surface area contributed by atoms with Crippen molar-refractivity contribution < 1.29 is 46.6 Å². The maximum absolute atomic E-state index is 11.8. The van der Waals surface area contributed by atoms with Crippen molar-refractivity contribution in [2.75, 3.05) is 0 Å². The first-order valence-electron chi connectivity index (χ1n) is 10.2. The summed E-state index contributed by atoms with van der Waals surface area (Å²) in [6, 6.07) is 0.252. The minimum atomic E-state index is -1.40. The van der Waals surface area contributed by atoms with E-state index in [9.17, 15) is 4.79 Å². The van der Waals surface area contributed by atoms with E-state index in [0.29, 0.717) is 0 Å². The van der Waals surface area contributed by atoms with Crippen LogP contribution in [0.5, 0.6) is 0 Å². The Morgan fingerprint density at radius 1 is 0.800 bits per heavy atom. The van der Waals surface area contributed by atoms with E-state index in [1.165, 1.54) is 6.61 Å². The number of rotatable bonds is 3. The third-order valence-corrected chi connectivity index (χ3v) is 2.88. The molecule has 6 nitrogen and oxygen atoms in total. The zero-order chi connectivity index (χ0) is 24.4. The Kier molecular flexibility index (Phi) is 30.9. The van der Waals surface area contributed by atoms with E-state index < -0.39 is 8.07 Å². The van der Waals surface area contributed by atoms with E-state index in [1.807, 2.05) is 27.7 Å². The SMILES string of the molecule is CC(C)N(C(=O)O[CH-]C#C[Si](C)(C)C)C(C)C.CC(C)O.CC(C)O.CC(C)O.[Ti]. The Hall–Kier alpha value is -0.489.